The molecule has 2 atom stereocenters. The zero-order valence-corrected chi connectivity index (χ0v) is 17.3. The molecular weight excluding hydrogens is 411 g/mol. The van der Waals surface area contributed by atoms with Gasteiger partial charge in [0, 0.05) is 46.7 Å². The van der Waals surface area contributed by atoms with E-state index in [1.807, 2.05) is 4.90 Å². The largest absolute Gasteiger partial charge is 0.416 e. The molecule has 10 heteroatoms. The molecule has 7 nitrogen and oxygen atoms in total. The van der Waals surface area contributed by atoms with Crippen LogP contribution in [0, 0.1) is 11.8 Å². The molecular formula is C21H24F3N5O2. The Labute approximate surface area is 178 Å². The zero-order valence-electron chi connectivity index (χ0n) is 17.3. The molecule has 2 aliphatic heterocycles. The first-order valence-corrected chi connectivity index (χ1v) is 10.1. The lowest BCUT2D eigenvalue weighted by molar-refractivity contribution is -0.138. The van der Waals surface area contributed by atoms with Crippen LogP contribution in [-0.2, 0) is 17.5 Å². The minimum atomic E-state index is -4.37. The van der Waals surface area contributed by atoms with E-state index in [0.29, 0.717) is 31.9 Å². The van der Waals surface area contributed by atoms with Gasteiger partial charge in [0.15, 0.2) is 0 Å². The van der Waals surface area contributed by atoms with Gasteiger partial charge in [-0.15, -0.1) is 0 Å². The van der Waals surface area contributed by atoms with Crippen molar-refractivity contribution in [3.63, 3.8) is 0 Å². The Kier molecular flexibility index (Phi) is 5.50. The Balaban J connectivity index is 1.37. The number of fused-ring (bicyclic) bond motifs is 1. The molecule has 0 saturated carbocycles. The molecule has 0 aliphatic carbocycles. The summed E-state index contributed by atoms with van der Waals surface area (Å²) in [5, 5.41) is 4.08. The van der Waals surface area contributed by atoms with Gasteiger partial charge in [-0.2, -0.15) is 23.0 Å². The summed E-state index contributed by atoms with van der Waals surface area (Å²) < 4.78 is 41.0. The molecule has 0 bridgehead atoms. The lowest BCUT2D eigenvalue weighted by Gasteiger charge is -2.22. The highest BCUT2D eigenvalue weighted by Crippen LogP contribution is 2.35. The Morgan fingerprint density at radius 3 is 2.39 bits per heavy atom. The molecule has 4 rings (SSSR count). The smallest absolute Gasteiger partial charge is 0.322 e. The molecule has 3 heterocycles. The second-order valence-corrected chi connectivity index (χ2v) is 8.28. The first-order chi connectivity index (χ1) is 14.6. The highest BCUT2D eigenvalue weighted by Gasteiger charge is 2.42. The van der Waals surface area contributed by atoms with Gasteiger partial charge in [0.05, 0.1) is 23.6 Å². The van der Waals surface area contributed by atoms with Gasteiger partial charge in [-0.25, -0.2) is 4.79 Å². The van der Waals surface area contributed by atoms with Crippen LogP contribution in [0.2, 0.25) is 0 Å². The number of benzene rings is 1. The topological polar surface area (TPSA) is 61.7 Å². The number of anilines is 1. The number of alkyl halides is 3. The van der Waals surface area contributed by atoms with Crippen molar-refractivity contribution in [2.45, 2.75) is 19.6 Å². The Morgan fingerprint density at radius 1 is 1.13 bits per heavy atom. The summed E-state index contributed by atoms with van der Waals surface area (Å²) in [5.74, 6) is 0.281. The van der Waals surface area contributed by atoms with Crippen molar-refractivity contribution in [3.8, 4) is 0 Å². The Morgan fingerprint density at radius 2 is 1.77 bits per heavy atom. The summed E-state index contributed by atoms with van der Waals surface area (Å²) in [5.41, 5.74) is 0.227. The zero-order chi connectivity index (χ0) is 22.3. The SMILES string of the molecule is CC(=O)N(C)c1cnn(C(=O)N2CC3CN(Cc4ccccc4C(F)(F)F)CC3C2)c1. The number of rotatable bonds is 3. The van der Waals surface area contributed by atoms with Gasteiger partial charge < -0.3 is 9.80 Å². The Bertz CT molecular complexity index is 975. The monoisotopic (exact) mass is 435 g/mol. The van der Waals surface area contributed by atoms with Crippen LogP contribution < -0.4 is 4.90 Å². The van der Waals surface area contributed by atoms with Gasteiger partial charge in [-0.1, -0.05) is 18.2 Å². The van der Waals surface area contributed by atoms with Crippen LogP contribution in [0.3, 0.4) is 0 Å². The van der Waals surface area contributed by atoms with Crippen molar-refractivity contribution in [1.29, 1.82) is 0 Å². The van der Waals surface area contributed by atoms with Gasteiger partial charge in [0.1, 0.15) is 0 Å². The van der Waals surface area contributed by atoms with Crippen LogP contribution in [0.1, 0.15) is 18.1 Å². The standard InChI is InChI=1S/C21H24F3N5O2/c1-14(30)26(2)18-7-25-29(13-18)20(31)28-11-16-9-27(10-17(16)12-28)8-15-5-3-4-6-19(15)21(22,23)24/h3-7,13,16-17H,8-12H2,1-2H3. The predicted octanol–water partition coefficient (Wildman–Crippen LogP) is 2.92. The van der Waals surface area contributed by atoms with Gasteiger partial charge in [0.2, 0.25) is 5.91 Å². The summed E-state index contributed by atoms with van der Waals surface area (Å²) in [6.45, 7) is 4.06. The molecule has 2 saturated heterocycles. The lowest BCUT2D eigenvalue weighted by atomic mass is 10.0. The van der Waals surface area contributed by atoms with Crippen LogP contribution in [-0.4, -0.2) is 64.7 Å². The molecule has 0 radical (unpaired) electrons. The van der Waals surface area contributed by atoms with E-state index in [0.717, 1.165) is 6.07 Å². The van der Waals surface area contributed by atoms with Gasteiger partial charge in [0.25, 0.3) is 0 Å². The van der Waals surface area contributed by atoms with Crippen molar-refractivity contribution in [2.75, 3.05) is 38.1 Å². The fourth-order valence-corrected chi connectivity index (χ4v) is 4.47. The molecule has 2 fully saturated rings. The quantitative estimate of drug-likeness (QED) is 0.744. The maximum atomic E-state index is 13.3. The summed E-state index contributed by atoms with van der Waals surface area (Å²) in [7, 11) is 1.61. The average molecular weight is 435 g/mol. The molecule has 0 N–H and O–H groups in total. The van der Waals surface area contributed by atoms with E-state index in [9.17, 15) is 22.8 Å². The average Bonchev–Trinajstić information content (AvgIpc) is 3.41. The van der Waals surface area contributed by atoms with E-state index < -0.39 is 11.7 Å². The molecule has 0 spiro atoms. The van der Waals surface area contributed by atoms with Gasteiger partial charge >= 0.3 is 12.2 Å². The van der Waals surface area contributed by atoms with Crippen molar-refractivity contribution in [3.05, 3.63) is 47.8 Å². The number of halogens is 3. The van der Waals surface area contributed by atoms with Crippen LogP contribution in [0.5, 0.6) is 0 Å². The number of hydrogen-bond donors (Lipinski definition) is 0. The summed E-state index contributed by atoms with van der Waals surface area (Å²) >= 11 is 0. The van der Waals surface area contributed by atoms with Gasteiger partial charge in [-0.3, -0.25) is 9.69 Å². The highest BCUT2D eigenvalue weighted by molar-refractivity contribution is 5.91. The maximum Gasteiger partial charge on any atom is 0.416 e. The third-order valence-corrected chi connectivity index (χ3v) is 6.17. The first kappa shape index (κ1) is 21.4. The molecule has 2 aliphatic rings. The fraction of sp³-hybridized carbons (Fsp3) is 0.476. The molecule has 1 aromatic heterocycles. The van der Waals surface area contributed by atoms with Crippen molar-refractivity contribution in [2.24, 2.45) is 11.8 Å². The Hall–Kier alpha value is -2.88. The van der Waals surface area contributed by atoms with E-state index in [-0.39, 0.29) is 35.9 Å². The van der Waals surface area contributed by atoms with Crippen molar-refractivity contribution >= 4 is 17.6 Å². The van der Waals surface area contributed by atoms with Crippen molar-refractivity contribution < 1.29 is 22.8 Å². The maximum absolute atomic E-state index is 13.3. The number of nitrogens with zero attached hydrogens (tertiary/aromatic N) is 5. The van der Waals surface area contributed by atoms with E-state index in [4.69, 9.17) is 0 Å². The highest BCUT2D eigenvalue weighted by atomic mass is 19.4. The number of likely N-dealkylation sites (tertiary alicyclic amines) is 2. The molecule has 166 valence electrons. The fourth-order valence-electron chi connectivity index (χ4n) is 4.47. The van der Waals surface area contributed by atoms with Crippen LogP contribution >= 0.6 is 0 Å². The van der Waals surface area contributed by atoms with E-state index in [1.165, 1.54) is 41.0 Å². The minimum Gasteiger partial charge on any atom is -0.322 e. The van der Waals surface area contributed by atoms with Crippen LogP contribution in [0.25, 0.3) is 0 Å². The molecule has 2 amide bonds. The number of aromatic nitrogens is 2. The number of carbonyl (C=O) groups excluding carboxylic acids is 2. The van der Waals surface area contributed by atoms with Gasteiger partial charge in [-0.05, 0) is 23.5 Å². The normalized spacial score (nSPS) is 21.4. The molecule has 31 heavy (non-hydrogen) atoms. The molecule has 2 aromatic rings. The van der Waals surface area contributed by atoms with E-state index in [1.54, 1.807) is 18.0 Å². The van der Waals surface area contributed by atoms with Crippen LogP contribution in [0.4, 0.5) is 23.7 Å². The second-order valence-electron chi connectivity index (χ2n) is 8.28. The third-order valence-electron chi connectivity index (χ3n) is 6.17. The second kappa shape index (κ2) is 7.99. The third kappa shape index (κ3) is 4.30. The number of amides is 2. The number of carbonyl (C=O) groups is 2. The summed E-state index contributed by atoms with van der Waals surface area (Å²) in [6.07, 6.45) is -1.37. The van der Waals surface area contributed by atoms with Crippen LogP contribution in [0.15, 0.2) is 36.7 Å². The number of hydrogen-bond acceptors (Lipinski definition) is 4. The minimum absolute atomic E-state index is 0.158. The van der Waals surface area contributed by atoms with E-state index in [2.05, 4.69) is 5.10 Å². The first-order valence-electron chi connectivity index (χ1n) is 10.1. The summed E-state index contributed by atoms with van der Waals surface area (Å²) in [6, 6.07) is 5.42. The van der Waals surface area contributed by atoms with E-state index >= 15 is 0 Å². The lowest BCUT2D eigenvalue weighted by Crippen LogP contribution is -2.36. The molecule has 1 aromatic carbocycles. The van der Waals surface area contributed by atoms with Crippen molar-refractivity contribution in [1.82, 2.24) is 19.6 Å². The summed E-state index contributed by atoms with van der Waals surface area (Å²) in [4.78, 5) is 29.4. The predicted molar refractivity (Wildman–Crippen MR) is 107 cm³/mol. The molecule has 2 unspecified atom stereocenters.